The van der Waals surface area contributed by atoms with Gasteiger partial charge in [-0.25, -0.2) is 0 Å². The number of para-hydroxylation sites is 1. The Morgan fingerprint density at radius 2 is 2.00 bits per heavy atom. The number of hydrogen-bond donors (Lipinski definition) is 0. The van der Waals surface area contributed by atoms with Gasteiger partial charge in [-0.15, -0.1) is 0 Å². The largest absolute Gasteiger partial charge is 0.371 e. The number of carbonyl (C=O) groups is 1. The van der Waals surface area contributed by atoms with Gasteiger partial charge in [-0.1, -0.05) is 51.8 Å². The van der Waals surface area contributed by atoms with Gasteiger partial charge in [0.05, 0.1) is 12.2 Å². The summed E-state index contributed by atoms with van der Waals surface area (Å²) < 4.78 is 8.33. The number of benzene rings is 1. The van der Waals surface area contributed by atoms with Crippen molar-refractivity contribution in [3.63, 3.8) is 0 Å². The van der Waals surface area contributed by atoms with E-state index in [9.17, 15) is 4.79 Å². The second-order valence-electron chi connectivity index (χ2n) is 7.94. The predicted molar refractivity (Wildman–Crippen MR) is 107 cm³/mol. The van der Waals surface area contributed by atoms with E-state index in [-0.39, 0.29) is 18.1 Å². The third kappa shape index (κ3) is 3.52. The third-order valence-corrected chi connectivity index (χ3v) is 5.66. The topological polar surface area (TPSA) is 34.5 Å². The van der Waals surface area contributed by atoms with E-state index < -0.39 is 0 Å². The van der Waals surface area contributed by atoms with Gasteiger partial charge < -0.3 is 14.2 Å². The monoisotopic (exact) mass is 356 g/mol. The normalized spacial score (nSPS) is 20.9. The summed E-state index contributed by atoms with van der Waals surface area (Å²) in [4.78, 5) is 15.5. The molecule has 2 aromatic rings. The number of fused-ring (bicyclic) bond motifs is 1. The van der Waals surface area contributed by atoms with Crippen LogP contribution in [0.3, 0.4) is 0 Å². The zero-order valence-electron chi connectivity index (χ0n) is 16.8. The lowest BCUT2D eigenvalue weighted by atomic mass is 10.0. The Hall–Kier alpha value is -1.81. The first-order chi connectivity index (χ1) is 12.4. The molecule has 26 heavy (non-hydrogen) atoms. The Bertz CT molecular complexity index is 739. The molecule has 0 unspecified atom stereocenters. The minimum absolute atomic E-state index is 0.115. The van der Waals surface area contributed by atoms with Crippen molar-refractivity contribution in [2.45, 2.75) is 59.2 Å². The second-order valence-corrected chi connectivity index (χ2v) is 7.94. The number of rotatable bonds is 5. The molecule has 1 aliphatic rings. The van der Waals surface area contributed by atoms with Crippen LogP contribution in [-0.2, 0) is 11.8 Å². The molecular weight excluding hydrogens is 324 g/mol. The van der Waals surface area contributed by atoms with E-state index in [1.807, 2.05) is 28.6 Å². The van der Waals surface area contributed by atoms with E-state index in [0.29, 0.717) is 19.0 Å². The highest BCUT2D eigenvalue weighted by molar-refractivity contribution is 6.01. The summed E-state index contributed by atoms with van der Waals surface area (Å²) in [6.45, 7) is 9.99. The maximum Gasteiger partial charge on any atom is 0.270 e. The van der Waals surface area contributed by atoms with Gasteiger partial charge in [0, 0.05) is 31.0 Å². The van der Waals surface area contributed by atoms with Crippen molar-refractivity contribution >= 4 is 16.8 Å². The van der Waals surface area contributed by atoms with E-state index >= 15 is 0 Å². The first-order valence-electron chi connectivity index (χ1n) is 9.92. The minimum atomic E-state index is 0.115. The fourth-order valence-corrected chi connectivity index (χ4v) is 4.03. The van der Waals surface area contributed by atoms with Crippen LogP contribution in [-0.4, -0.2) is 40.7 Å². The second kappa shape index (κ2) is 7.83. The fourth-order valence-electron chi connectivity index (χ4n) is 4.03. The smallest absolute Gasteiger partial charge is 0.270 e. The summed E-state index contributed by atoms with van der Waals surface area (Å²) in [5.74, 6) is 0.542. The summed E-state index contributed by atoms with van der Waals surface area (Å²) in [5, 5.41) is 1.16. The van der Waals surface area contributed by atoms with Crippen LogP contribution in [0.1, 0.15) is 56.1 Å². The van der Waals surface area contributed by atoms with Crippen molar-refractivity contribution < 1.29 is 9.53 Å². The molecule has 4 heteroatoms. The molecule has 0 spiro atoms. The van der Waals surface area contributed by atoms with Gasteiger partial charge in [0.25, 0.3) is 5.91 Å². The summed E-state index contributed by atoms with van der Waals surface area (Å²) >= 11 is 0. The van der Waals surface area contributed by atoms with Crippen LogP contribution in [0.4, 0.5) is 0 Å². The van der Waals surface area contributed by atoms with Gasteiger partial charge in [0.1, 0.15) is 5.69 Å². The van der Waals surface area contributed by atoms with Crippen LogP contribution in [0, 0.1) is 12.8 Å². The molecule has 0 bridgehead atoms. The molecule has 1 aromatic heterocycles. The Labute approximate surface area is 157 Å². The first kappa shape index (κ1) is 19.0. The van der Waals surface area contributed by atoms with Crippen molar-refractivity contribution in [1.82, 2.24) is 9.47 Å². The van der Waals surface area contributed by atoms with Gasteiger partial charge in [-0.2, -0.15) is 0 Å². The van der Waals surface area contributed by atoms with Crippen LogP contribution < -0.4 is 0 Å². The molecule has 0 radical (unpaired) electrons. The molecule has 3 rings (SSSR count). The van der Waals surface area contributed by atoms with Crippen LogP contribution in [0.25, 0.3) is 10.9 Å². The highest BCUT2D eigenvalue weighted by Crippen LogP contribution is 2.28. The third-order valence-electron chi connectivity index (χ3n) is 5.66. The number of ether oxygens (including phenoxy) is 1. The van der Waals surface area contributed by atoms with Gasteiger partial charge in [-0.3, -0.25) is 4.79 Å². The highest BCUT2D eigenvalue weighted by atomic mass is 16.5. The van der Waals surface area contributed by atoms with Crippen LogP contribution >= 0.6 is 0 Å². The van der Waals surface area contributed by atoms with Crippen molar-refractivity contribution in [3.05, 3.63) is 35.5 Å². The molecule has 2 heterocycles. The molecule has 142 valence electrons. The number of carbonyl (C=O) groups excluding carboxylic acids is 1. The average Bonchev–Trinajstić information content (AvgIpc) is 2.90. The molecule has 1 amide bonds. The maximum atomic E-state index is 13.4. The van der Waals surface area contributed by atoms with Gasteiger partial charge >= 0.3 is 0 Å². The number of aromatic nitrogens is 1. The van der Waals surface area contributed by atoms with E-state index in [1.54, 1.807) is 0 Å². The molecule has 0 saturated carbocycles. The van der Waals surface area contributed by atoms with E-state index in [2.05, 4.69) is 39.8 Å². The van der Waals surface area contributed by atoms with Crippen LogP contribution in [0.5, 0.6) is 0 Å². The molecule has 1 fully saturated rings. The van der Waals surface area contributed by atoms with E-state index in [0.717, 1.165) is 41.4 Å². The SMILES string of the molecule is CCCC[C@@H]1CN(C(=O)c2c(C)c3ccccc3n2C)C[C@H](C(C)C)O1. The number of amides is 1. The number of nitrogens with zero attached hydrogens (tertiary/aromatic N) is 2. The van der Waals surface area contributed by atoms with Crippen LogP contribution in [0.2, 0.25) is 0 Å². The van der Waals surface area contributed by atoms with Crippen molar-refractivity contribution in [2.24, 2.45) is 13.0 Å². The lowest BCUT2D eigenvalue weighted by Crippen LogP contribution is -2.52. The standard InChI is InChI=1S/C22H32N2O2/c1-6-7-10-17-13-24(14-20(26-17)15(2)3)22(25)21-16(4)18-11-8-9-12-19(18)23(21)5/h8-9,11-12,15,17,20H,6-7,10,13-14H2,1-5H3/t17-,20-/m1/s1. The summed E-state index contributed by atoms with van der Waals surface area (Å²) in [6.07, 6.45) is 3.59. The lowest BCUT2D eigenvalue weighted by Gasteiger charge is -2.40. The van der Waals surface area contributed by atoms with Crippen molar-refractivity contribution in [1.29, 1.82) is 0 Å². The Morgan fingerprint density at radius 3 is 2.65 bits per heavy atom. The Morgan fingerprint density at radius 1 is 1.27 bits per heavy atom. The van der Waals surface area contributed by atoms with Crippen LogP contribution in [0.15, 0.2) is 24.3 Å². The quantitative estimate of drug-likeness (QED) is 0.788. The molecular formula is C22H32N2O2. The summed E-state index contributed by atoms with van der Waals surface area (Å²) in [6, 6.07) is 8.25. The fraction of sp³-hybridized carbons (Fsp3) is 0.591. The number of aryl methyl sites for hydroxylation is 2. The van der Waals surface area contributed by atoms with E-state index in [4.69, 9.17) is 4.74 Å². The highest BCUT2D eigenvalue weighted by Gasteiger charge is 2.34. The zero-order chi connectivity index (χ0) is 18.8. The molecule has 4 nitrogen and oxygen atoms in total. The lowest BCUT2D eigenvalue weighted by molar-refractivity contribution is -0.0964. The molecule has 2 atom stereocenters. The van der Waals surface area contributed by atoms with E-state index in [1.165, 1.54) is 0 Å². The van der Waals surface area contributed by atoms with Crippen molar-refractivity contribution in [2.75, 3.05) is 13.1 Å². The number of morpholine rings is 1. The molecule has 0 N–H and O–H groups in total. The Kier molecular flexibility index (Phi) is 5.71. The molecule has 1 aliphatic heterocycles. The zero-order valence-corrected chi connectivity index (χ0v) is 16.8. The number of hydrogen-bond acceptors (Lipinski definition) is 2. The minimum Gasteiger partial charge on any atom is -0.371 e. The average molecular weight is 357 g/mol. The van der Waals surface area contributed by atoms with Gasteiger partial charge in [0.2, 0.25) is 0 Å². The molecule has 0 aliphatic carbocycles. The molecule has 1 aromatic carbocycles. The van der Waals surface area contributed by atoms with Crippen molar-refractivity contribution in [3.8, 4) is 0 Å². The molecule has 1 saturated heterocycles. The number of unbranched alkanes of at least 4 members (excludes halogenated alkanes) is 1. The summed E-state index contributed by atoms with van der Waals surface area (Å²) in [5.41, 5.74) is 3.00. The summed E-state index contributed by atoms with van der Waals surface area (Å²) in [7, 11) is 2.00. The first-order valence-corrected chi connectivity index (χ1v) is 9.92. The maximum absolute atomic E-state index is 13.4. The van der Waals surface area contributed by atoms with Gasteiger partial charge in [0.15, 0.2) is 0 Å². The predicted octanol–water partition coefficient (Wildman–Crippen LogP) is 4.54. The van der Waals surface area contributed by atoms with Gasteiger partial charge in [-0.05, 0) is 30.9 Å². The Balaban J connectivity index is 1.90.